The highest BCUT2D eigenvalue weighted by atomic mass is 16.2. The van der Waals surface area contributed by atoms with E-state index >= 15 is 0 Å². The Bertz CT molecular complexity index is 704. The number of amides is 2. The molecule has 144 valence electrons. The van der Waals surface area contributed by atoms with E-state index in [1.54, 1.807) is 11.8 Å². The first-order valence-corrected chi connectivity index (χ1v) is 9.41. The SMILES string of the molecule is CC(=O)N(CCC(=O)N(CCCN)Cc1ccccc1)Cc1ccccc1. The third kappa shape index (κ3) is 7.23. The second kappa shape index (κ2) is 11.1. The van der Waals surface area contributed by atoms with Crippen LogP contribution in [0.1, 0.15) is 30.9 Å². The maximum absolute atomic E-state index is 12.8. The number of benzene rings is 2. The molecule has 0 spiro atoms. The Morgan fingerprint density at radius 2 is 1.33 bits per heavy atom. The minimum atomic E-state index is -0.0248. The minimum absolute atomic E-state index is 0.0248. The highest BCUT2D eigenvalue weighted by Crippen LogP contribution is 2.10. The monoisotopic (exact) mass is 367 g/mol. The van der Waals surface area contributed by atoms with E-state index < -0.39 is 0 Å². The Kier molecular flexibility index (Phi) is 8.52. The molecule has 0 saturated carbocycles. The van der Waals surface area contributed by atoms with Crippen LogP contribution in [-0.2, 0) is 22.7 Å². The average Bonchev–Trinajstić information content (AvgIpc) is 2.69. The molecule has 0 aliphatic heterocycles. The van der Waals surface area contributed by atoms with Gasteiger partial charge in [-0.15, -0.1) is 0 Å². The van der Waals surface area contributed by atoms with Gasteiger partial charge in [-0.1, -0.05) is 60.7 Å². The largest absolute Gasteiger partial charge is 0.338 e. The van der Waals surface area contributed by atoms with E-state index in [1.807, 2.05) is 65.6 Å². The van der Waals surface area contributed by atoms with Crippen LogP contribution in [0.25, 0.3) is 0 Å². The Balaban J connectivity index is 1.96. The number of rotatable bonds is 10. The fraction of sp³-hybridized carbons (Fsp3) is 0.364. The smallest absolute Gasteiger partial charge is 0.224 e. The van der Waals surface area contributed by atoms with Gasteiger partial charge in [0, 0.05) is 39.5 Å². The highest BCUT2D eigenvalue weighted by Gasteiger charge is 2.17. The van der Waals surface area contributed by atoms with Crippen LogP contribution in [0.5, 0.6) is 0 Å². The molecule has 0 bridgehead atoms. The second-order valence-corrected chi connectivity index (χ2v) is 6.62. The first kappa shape index (κ1) is 20.6. The van der Waals surface area contributed by atoms with Crippen LogP contribution in [0.4, 0.5) is 0 Å². The van der Waals surface area contributed by atoms with Crippen molar-refractivity contribution in [1.82, 2.24) is 9.80 Å². The molecule has 27 heavy (non-hydrogen) atoms. The third-order valence-electron chi connectivity index (χ3n) is 4.46. The Morgan fingerprint density at radius 1 is 0.815 bits per heavy atom. The first-order valence-electron chi connectivity index (χ1n) is 9.41. The van der Waals surface area contributed by atoms with Crippen molar-refractivity contribution in [1.29, 1.82) is 0 Å². The van der Waals surface area contributed by atoms with Crippen LogP contribution in [-0.4, -0.2) is 41.2 Å². The van der Waals surface area contributed by atoms with Crippen molar-refractivity contribution in [3.8, 4) is 0 Å². The lowest BCUT2D eigenvalue weighted by atomic mass is 10.2. The van der Waals surface area contributed by atoms with Gasteiger partial charge in [-0.2, -0.15) is 0 Å². The molecule has 2 rings (SSSR count). The van der Waals surface area contributed by atoms with Crippen molar-refractivity contribution < 1.29 is 9.59 Å². The Morgan fingerprint density at radius 3 is 1.81 bits per heavy atom. The van der Waals surface area contributed by atoms with Gasteiger partial charge < -0.3 is 15.5 Å². The zero-order chi connectivity index (χ0) is 19.5. The molecule has 0 fully saturated rings. The number of nitrogens with zero attached hydrogens (tertiary/aromatic N) is 2. The fourth-order valence-electron chi connectivity index (χ4n) is 2.92. The molecule has 0 saturated heterocycles. The molecule has 0 heterocycles. The molecule has 2 amide bonds. The molecule has 2 aromatic carbocycles. The molecule has 0 aliphatic rings. The standard InChI is InChI=1S/C22H29N3O2/c1-19(26)24(17-20-9-4-2-5-10-20)16-13-22(27)25(15-8-14-23)18-21-11-6-3-7-12-21/h2-7,9-12H,8,13-18,23H2,1H3. The maximum Gasteiger partial charge on any atom is 0.224 e. The quantitative estimate of drug-likeness (QED) is 0.702. The molecule has 0 radical (unpaired) electrons. The molecule has 2 aromatic rings. The molecule has 0 unspecified atom stereocenters. The van der Waals surface area contributed by atoms with Crippen LogP contribution in [0, 0.1) is 0 Å². The molecule has 0 aliphatic carbocycles. The van der Waals surface area contributed by atoms with E-state index in [0.29, 0.717) is 39.1 Å². The third-order valence-corrected chi connectivity index (χ3v) is 4.46. The van der Waals surface area contributed by atoms with Gasteiger partial charge in [0.15, 0.2) is 0 Å². The number of nitrogens with two attached hydrogens (primary N) is 1. The van der Waals surface area contributed by atoms with Gasteiger partial charge in [0.05, 0.1) is 0 Å². The van der Waals surface area contributed by atoms with Crippen molar-refractivity contribution >= 4 is 11.8 Å². The van der Waals surface area contributed by atoms with E-state index in [0.717, 1.165) is 17.5 Å². The summed E-state index contributed by atoms with van der Waals surface area (Å²) >= 11 is 0. The molecular formula is C22H29N3O2. The summed E-state index contributed by atoms with van der Waals surface area (Å²) in [5.41, 5.74) is 7.78. The van der Waals surface area contributed by atoms with Crippen molar-refractivity contribution in [3.05, 3.63) is 71.8 Å². The van der Waals surface area contributed by atoms with E-state index in [-0.39, 0.29) is 11.8 Å². The van der Waals surface area contributed by atoms with Crippen molar-refractivity contribution in [2.75, 3.05) is 19.6 Å². The Hall–Kier alpha value is -2.66. The van der Waals surface area contributed by atoms with Gasteiger partial charge in [-0.3, -0.25) is 9.59 Å². The zero-order valence-electron chi connectivity index (χ0n) is 16.0. The van der Waals surface area contributed by atoms with Crippen LogP contribution < -0.4 is 5.73 Å². The predicted octanol–water partition coefficient (Wildman–Crippen LogP) is 2.80. The van der Waals surface area contributed by atoms with Gasteiger partial charge in [0.1, 0.15) is 0 Å². The number of hydrogen-bond donors (Lipinski definition) is 1. The topological polar surface area (TPSA) is 66.6 Å². The van der Waals surface area contributed by atoms with E-state index in [4.69, 9.17) is 5.73 Å². The van der Waals surface area contributed by atoms with Crippen LogP contribution >= 0.6 is 0 Å². The van der Waals surface area contributed by atoms with Gasteiger partial charge >= 0.3 is 0 Å². The normalized spacial score (nSPS) is 10.4. The summed E-state index contributed by atoms with van der Waals surface area (Å²) in [7, 11) is 0. The first-order chi connectivity index (χ1) is 13.1. The predicted molar refractivity (Wildman–Crippen MR) is 108 cm³/mol. The molecular weight excluding hydrogens is 338 g/mol. The molecule has 2 N–H and O–H groups in total. The highest BCUT2D eigenvalue weighted by molar-refractivity contribution is 5.78. The molecule has 5 nitrogen and oxygen atoms in total. The van der Waals surface area contributed by atoms with E-state index in [2.05, 4.69) is 0 Å². The van der Waals surface area contributed by atoms with Gasteiger partial charge in [0.25, 0.3) is 0 Å². The van der Waals surface area contributed by atoms with E-state index in [1.165, 1.54) is 0 Å². The number of carbonyl (C=O) groups is 2. The second-order valence-electron chi connectivity index (χ2n) is 6.62. The summed E-state index contributed by atoms with van der Waals surface area (Å²) in [6.07, 6.45) is 1.07. The lowest BCUT2D eigenvalue weighted by Gasteiger charge is -2.25. The van der Waals surface area contributed by atoms with Gasteiger partial charge in [0.2, 0.25) is 11.8 Å². The fourth-order valence-corrected chi connectivity index (χ4v) is 2.92. The summed E-state index contributed by atoms with van der Waals surface area (Å²) in [4.78, 5) is 28.3. The van der Waals surface area contributed by atoms with Crippen molar-refractivity contribution in [3.63, 3.8) is 0 Å². The molecule has 0 atom stereocenters. The minimum Gasteiger partial charge on any atom is -0.338 e. The lowest BCUT2D eigenvalue weighted by Crippen LogP contribution is -2.36. The van der Waals surface area contributed by atoms with Crippen LogP contribution in [0.2, 0.25) is 0 Å². The number of hydrogen-bond acceptors (Lipinski definition) is 3. The Labute approximate surface area is 161 Å². The molecule has 5 heteroatoms. The van der Waals surface area contributed by atoms with Gasteiger partial charge in [-0.05, 0) is 24.1 Å². The summed E-state index contributed by atoms with van der Waals surface area (Å²) < 4.78 is 0. The van der Waals surface area contributed by atoms with Crippen LogP contribution in [0.3, 0.4) is 0 Å². The molecule has 0 aromatic heterocycles. The summed E-state index contributed by atoms with van der Waals surface area (Å²) in [6, 6.07) is 19.8. The average molecular weight is 367 g/mol. The van der Waals surface area contributed by atoms with Crippen molar-refractivity contribution in [2.45, 2.75) is 32.9 Å². The number of carbonyl (C=O) groups excluding carboxylic acids is 2. The summed E-state index contributed by atoms with van der Waals surface area (Å²) in [5, 5.41) is 0. The zero-order valence-corrected chi connectivity index (χ0v) is 16.0. The maximum atomic E-state index is 12.8. The van der Waals surface area contributed by atoms with Crippen molar-refractivity contribution in [2.24, 2.45) is 5.73 Å². The van der Waals surface area contributed by atoms with Crippen LogP contribution in [0.15, 0.2) is 60.7 Å². The van der Waals surface area contributed by atoms with E-state index in [9.17, 15) is 9.59 Å². The lowest BCUT2D eigenvalue weighted by molar-refractivity contribution is -0.134. The summed E-state index contributed by atoms with van der Waals surface area (Å²) in [5.74, 6) is 0.0230. The van der Waals surface area contributed by atoms with Gasteiger partial charge in [-0.25, -0.2) is 0 Å². The summed E-state index contributed by atoms with van der Waals surface area (Å²) in [6.45, 7) is 4.22.